The van der Waals surface area contributed by atoms with Crippen molar-refractivity contribution in [1.82, 2.24) is 5.32 Å². The molecule has 1 aliphatic heterocycles. The fourth-order valence-corrected chi connectivity index (χ4v) is 3.21. The summed E-state index contributed by atoms with van der Waals surface area (Å²) in [6, 6.07) is 12.1. The van der Waals surface area contributed by atoms with Crippen LogP contribution in [0.5, 0.6) is 0 Å². The van der Waals surface area contributed by atoms with Gasteiger partial charge in [0.05, 0.1) is 6.04 Å². The Labute approximate surface area is 133 Å². The topological polar surface area (TPSA) is 41.1 Å². The van der Waals surface area contributed by atoms with Crippen LogP contribution < -0.4 is 10.6 Å². The summed E-state index contributed by atoms with van der Waals surface area (Å²) >= 11 is 3.47. The number of anilines is 1. The SMILES string of the molecule is CC1CCNC(C(=O)Nc2ccc3cc(Br)ccc3c2)C1. The molecular weight excluding hydrogens is 328 g/mol. The minimum atomic E-state index is -0.0747. The second kappa shape index (κ2) is 6.16. The Morgan fingerprint density at radius 3 is 2.81 bits per heavy atom. The lowest BCUT2D eigenvalue weighted by Gasteiger charge is -2.27. The summed E-state index contributed by atoms with van der Waals surface area (Å²) in [5.41, 5.74) is 0.856. The highest BCUT2D eigenvalue weighted by atomic mass is 79.9. The van der Waals surface area contributed by atoms with Gasteiger partial charge < -0.3 is 10.6 Å². The molecule has 0 aliphatic carbocycles. The average Bonchev–Trinajstić information content (AvgIpc) is 2.47. The predicted molar refractivity (Wildman–Crippen MR) is 90.5 cm³/mol. The molecule has 0 radical (unpaired) electrons. The molecule has 3 rings (SSSR count). The maximum atomic E-state index is 12.3. The molecule has 2 unspecified atom stereocenters. The van der Waals surface area contributed by atoms with E-state index in [2.05, 4.69) is 45.6 Å². The van der Waals surface area contributed by atoms with Gasteiger partial charge >= 0.3 is 0 Å². The minimum Gasteiger partial charge on any atom is -0.325 e. The lowest BCUT2D eigenvalue weighted by molar-refractivity contribution is -0.119. The van der Waals surface area contributed by atoms with Crippen LogP contribution in [0.3, 0.4) is 0 Å². The molecule has 0 bridgehead atoms. The molecule has 2 atom stereocenters. The molecule has 3 nitrogen and oxygen atoms in total. The Kier molecular flexibility index (Phi) is 4.27. The highest BCUT2D eigenvalue weighted by Crippen LogP contribution is 2.23. The van der Waals surface area contributed by atoms with E-state index in [-0.39, 0.29) is 11.9 Å². The monoisotopic (exact) mass is 346 g/mol. The number of fused-ring (bicyclic) bond motifs is 1. The zero-order valence-electron chi connectivity index (χ0n) is 12.0. The van der Waals surface area contributed by atoms with Crippen LogP contribution in [0.4, 0.5) is 5.69 Å². The summed E-state index contributed by atoms with van der Waals surface area (Å²) in [5.74, 6) is 0.675. The number of hydrogen-bond acceptors (Lipinski definition) is 2. The zero-order valence-corrected chi connectivity index (χ0v) is 13.6. The van der Waals surface area contributed by atoms with E-state index in [1.54, 1.807) is 0 Å². The molecule has 0 spiro atoms. The van der Waals surface area contributed by atoms with Gasteiger partial charge in [0.15, 0.2) is 0 Å². The third kappa shape index (κ3) is 3.44. The van der Waals surface area contributed by atoms with Gasteiger partial charge in [-0.3, -0.25) is 4.79 Å². The van der Waals surface area contributed by atoms with Crippen LogP contribution in [0.15, 0.2) is 40.9 Å². The zero-order chi connectivity index (χ0) is 14.8. The molecule has 2 aromatic carbocycles. The molecular formula is C17H19BrN2O. The van der Waals surface area contributed by atoms with Crippen LogP contribution in [0.2, 0.25) is 0 Å². The van der Waals surface area contributed by atoms with Crippen molar-refractivity contribution in [3.63, 3.8) is 0 Å². The van der Waals surface area contributed by atoms with E-state index in [0.29, 0.717) is 5.92 Å². The maximum Gasteiger partial charge on any atom is 0.241 e. The third-order valence-corrected chi connectivity index (χ3v) is 4.55. The molecule has 2 N–H and O–H groups in total. The normalized spacial score (nSPS) is 22.2. The van der Waals surface area contributed by atoms with Gasteiger partial charge in [-0.05, 0) is 60.3 Å². The highest BCUT2D eigenvalue weighted by molar-refractivity contribution is 9.10. The number of nitrogens with one attached hydrogen (secondary N) is 2. The molecule has 0 aromatic heterocycles. The number of carbonyl (C=O) groups is 1. The summed E-state index contributed by atoms with van der Waals surface area (Å²) in [5, 5.41) is 8.61. The largest absolute Gasteiger partial charge is 0.325 e. The van der Waals surface area contributed by atoms with E-state index in [1.807, 2.05) is 24.3 Å². The smallest absolute Gasteiger partial charge is 0.241 e. The van der Waals surface area contributed by atoms with E-state index >= 15 is 0 Å². The number of amides is 1. The van der Waals surface area contributed by atoms with Gasteiger partial charge in [0.25, 0.3) is 0 Å². The van der Waals surface area contributed by atoms with Crippen LogP contribution in [0, 0.1) is 5.92 Å². The van der Waals surface area contributed by atoms with E-state index in [1.165, 1.54) is 0 Å². The fraction of sp³-hybridized carbons (Fsp3) is 0.353. The average molecular weight is 347 g/mol. The van der Waals surface area contributed by atoms with Crippen molar-refractivity contribution < 1.29 is 4.79 Å². The van der Waals surface area contributed by atoms with E-state index in [4.69, 9.17) is 0 Å². The molecule has 0 saturated carbocycles. The van der Waals surface area contributed by atoms with E-state index in [0.717, 1.165) is 40.3 Å². The van der Waals surface area contributed by atoms with Gasteiger partial charge in [0, 0.05) is 10.2 Å². The first-order chi connectivity index (χ1) is 10.1. The Hall–Kier alpha value is -1.39. The van der Waals surface area contributed by atoms with Crippen LogP contribution in [0.25, 0.3) is 10.8 Å². The van der Waals surface area contributed by atoms with Crippen LogP contribution in [-0.4, -0.2) is 18.5 Å². The van der Waals surface area contributed by atoms with Crippen molar-refractivity contribution in [3.05, 3.63) is 40.9 Å². The summed E-state index contributed by atoms with van der Waals surface area (Å²) in [4.78, 5) is 12.3. The molecule has 110 valence electrons. The van der Waals surface area contributed by atoms with Crippen LogP contribution >= 0.6 is 15.9 Å². The number of benzene rings is 2. The Balaban J connectivity index is 1.75. The molecule has 1 heterocycles. The third-order valence-electron chi connectivity index (χ3n) is 4.05. The number of rotatable bonds is 2. The standard InChI is InChI=1S/C17H19BrN2O/c1-11-6-7-19-16(8-11)17(21)20-15-5-3-12-9-14(18)4-2-13(12)10-15/h2-5,9-11,16,19H,6-8H2,1H3,(H,20,21). The first-order valence-electron chi connectivity index (χ1n) is 7.35. The van der Waals surface area contributed by atoms with E-state index in [9.17, 15) is 4.79 Å². The predicted octanol–water partition coefficient (Wildman–Crippen LogP) is 3.93. The second-order valence-corrected chi connectivity index (χ2v) is 6.75. The lowest BCUT2D eigenvalue weighted by atomic mass is 9.94. The Bertz CT molecular complexity index is 671. The van der Waals surface area contributed by atoms with Gasteiger partial charge in [0.1, 0.15) is 0 Å². The Morgan fingerprint density at radius 2 is 2.00 bits per heavy atom. The van der Waals surface area contributed by atoms with Crippen molar-refractivity contribution in [2.45, 2.75) is 25.8 Å². The number of halogens is 1. The molecule has 1 amide bonds. The van der Waals surface area contributed by atoms with Crippen molar-refractivity contribution in [2.24, 2.45) is 5.92 Å². The van der Waals surface area contributed by atoms with Gasteiger partial charge in [-0.2, -0.15) is 0 Å². The molecule has 1 aliphatic rings. The number of piperidine rings is 1. The van der Waals surface area contributed by atoms with Gasteiger partial charge in [-0.15, -0.1) is 0 Å². The van der Waals surface area contributed by atoms with Crippen LogP contribution in [-0.2, 0) is 4.79 Å². The first kappa shape index (κ1) is 14.5. The van der Waals surface area contributed by atoms with E-state index < -0.39 is 0 Å². The molecule has 1 fully saturated rings. The van der Waals surface area contributed by atoms with Crippen molar-refractivity contribution in [1.29, 1.82) is 0 Å². The molecule has 2 aromatic rings. The van der Waals surface area contributed by atoms with Crippen molar-refractivity contribution in [2.75, 3.05) is 11.9 Å². The highest BCUT2D eigenvalue weighted by Gasteiger charge is 2.24. The second-order valence-electron chi connectivity index (χ2n) is 5.83. The van der Waals surface area contributed by atoms with Gasteiger partial charge in [0.2, 0.25) is 5.91 Å². The summed E-state index contributed by atoms with van der Waals surface area (Å²) in [7, 11) is 0. The number of hydrogen-bond donors (Lipinski definition) is 2. The van der Waals surface area contributed by atoms with Crippen molar-refractivity contribution >= 4 is 38.3 Å². The van der Waals surface area contributed by atoms with Crippen LogP contribution in [0.1, 0.15) is 19.8 Å². The molecule has 21 heavy (non-hydrogen) atoms. The first-order valence-corrected chi connectivity index (χ1v) is 8.15. The summed E-state index contributed by atoms with van der Waals surface area (Å²) < 4.78 is 1.06. The molecule has 1 saturated heterocycles. The van der Waals surface area contributed by atoms with Gasteiger partial charge in [-0.1, -0.05) is 35.0 Å². The molecule has 4 heteroatoms. The minimum absolute atomic E-state index is 0.0676. The Morgan fingerprint density at radius 1 is 1.24 bits per heavy atom. The number of carbonyl (C=O) groups excluding carboxylic acids is 1. The summed E-state index contributed by atoms with van der Waals surface area (Å²) in [6.45, 7) is 3.13. The van der Waals surface area contributed by atoms with Crippen molar-refractivity contribution in [3.8, 4) is 0 Å². The summed E-state index contributed by atoms with van der Waals surface area (Å²) in [6.07, 6.45) is 2.06. The van der Waals surface area contributed by atoms with Gasteiger partial charge in [-0.25, -0.2) is 0 Å². The lowest BCUT2D eigenvalue weighted by Crippen LogP contribution is -2.45. The fourth-order valence-electron chi connectivity index (χ4n) is 2.83. The quantitative estimate of drug-likeness (QED) is 0.864. The maximum absolute atomic E-state index is 12.3.